The number of hydrogen-bond donors (Lipinski definition) is 6. The Morgan fingerprint density at radius 3 is 1.21 bits per heavy atom. The largest absolute Gasteiger partial charge is 0.457 e. The van der Waals surface area contributed by atoms with Gasteiger partial charge < -0.3 is 117 Å². The lowest BCUT2D eigenvalue weighted by Crippen LogP contribution is -2.79. The molecule has 2 bridgehead atoms. The zero-order valence-electron chi connectivity index (χ0n) is 64.1. The van der Waals surface area contributed by atoms with Gasteiger partial charge in [0.15, 0.2) is 31.2 Å². The van der Waals surface area contributed by atoms with Gasteiger partial charge in [-0.15, -0.1) is 0 Å². The maximum absolute atomic E-state index is 11.4. The van der Waals surface area contributed by atoms with Crippen molar-refractivity contribution in [1.29, 1.82) is 0 Å². The normalized spacial score (nSPS) is 34.8. The fourth-order valence-electron chi connectivity index (χ4n) is 10.6. The summed E-state index contributed by atoms with van der Waals surface area (Å²) in [6.07, 6.45) is -7.86. The van der Waals surface area contributed by atoms with Crippen LogP contribution in [0.2, 0.25) is 0 Å². The van der Waals surface area contributed by atoms with E-state index < -0.39 is 115 Å². The van der Waals surface area contributed by atoms with E-state index in [0.29, 0.717) is 33.0 Å². The van der Waals surface area contributed by atoms with Gasteiger partial charge in [0.2, 0.25) is 6.29 Å². The quantitative estimate of drug-likeness (QED) is 0.0609. The Hall–Kier alpha value is -1.58. The number of carbonyl (C=O) groups is 1. The molecule has 21 atom stereocenters. The maximum atomic E-state index is 11.4. The molecule has 0 aromatic heterocycles. The van der Waals surface area contributed by atoms with Crippen LogP contribution in [0.25, 0.3) is 0 Å². The monoisotopic (exact) mass is 1370 g/mol. The number of carbonyl (C=O) groups excluding carboxylic acids is 1. The molecule has 0 aromatic carbocycles. The molecule has 6 rings (SSSR count). The van der Waals surface area contributed by atoms with Crippen molar-refractivity contribution >= 4 is 12.5 Å². The van der Waals surface area contributed by atoms with E-state index in [0.717, 1.165) is 6.29 Å². The van der Waals surface area contributed by atoms with Gasteiger partial charge >= 0.3 is 0 Å². The molecular weight excluding hydrogens is 1240 g/mol. The van der Waals surface area contributed by atoms with Crippen molar-refractivity contribution in [2.45, 2.75) is 376 Å². The van der Waals surface area contributed by atoms with Gasteiger partial charge in [0.05, 0.1) is 104 Å². The lowest BCUT2D eigenvalue weighted by Gasteiger charge is -2.46. The molecule has 0 spiro atoms. The van der Waals surface area contributed by atoms with Crippen LogP contribution in [0, 0.1) is 16.2 Å². The van der Waals surface area contributed by atoms with Crippen molar-refractivity contribution in [3.63, 3.8) is 0 Å². The highest BCUT2D eigenvalue weighted by molar-refractivity contribution is 5.65. The van der Waals surface area contributed by atoms with Crippen molar-refractivity contribution in [3.05, 3.63) is 0 Å². The van der Waals surface area contributed by atoms with Crippen LogP contribution in [0.5, 0.6) is 0 Å². The first-order valence-corrected chi connectivity index (χ1v) is 33.9. The summed E-state index contributed by atoms with van der Waals surface area (Å²) in [5, 5.41) is 51.2. The fourth-order valence-corrected chi connectivity index (χ4v) is 10.6. The van der Waals surface area contributed by atoms with Gasteiger partial charge in [0.25, 0.3) is 0 Å². The van der Waals surface area contributed by atoms with E-state index in [1.165, 1.54) is 0 Å². The van der Waals surface area contributed by atoms with Crippen LogP contribution >= 0.6 is 0 Å². The van der Waals surface area contributed by atoms with Crippen LogP contribution in [-0.2, 0) is 86.1 Å². The number of hydrogen-bond acceptors (Lipinski definition) is 23. The van der Waals surface area contributed by atoms with Gasteiger partial charge in [-0.2, -0.15) is 0 Å². The molecule has 25 heteroatoms. The minimum absolute atomic E-state index is 0. The third-order valence-electron chi connectivity index (χ3n) is 14.9. The number of quaternary nitrogens is 1. The molecule has 0 saturated carbocycles. The van der Waals surface area contributed by atoms with Gasteiger partial charge in [-0.05, 0) is 162 Å². The summed E-state index contributed by atoms with van der Waals surface area (Å²) in [7, 11) is 0. The lowest BCUT2D eigenvalue weighted by atomic mass is 9.85. The second-order valence-corrected chi connectivity index (χ2v) is 35.8. The molecule has 6 fully saturated rings. The minimum atomic E-state index is -1.07. The highest BCUT2D eigenvalue weighted by Crippen LogP contribution is 2.41. The Morgan fingerprint density at radius 2 is 0.821 bits per heavy atom. The van der Waals surface area contributed by atoms with Crippen LogP contribution in [0.1, 0.15) is 208 Å². The molecule has 0 amide bonds. The Balaban J connectivity index is 0.000000454. The molecule has 11 N–H and O–H groups in total. The third-order valence-corrected chi connectivity index (χ3v) is 14.9. The number of rotatable bonds is 15. The minimum Gasteiger partial charge on any atom is -0.457 e. The average Bonchev–Trinajstić information content (AvgIpc) is 1.76. The molecule has 0 aliphatic carbocycles. The van der Waals surface area contributed by atoms with Gasteiger partial charge in [-0.25, -0.2) is 0 Å². The molecule has 6 aliphatic rings. The first-order valence-electron chi connectivity index (χ1n) is 33.9. The fraction of sp³-hybridized carbons (Fsp3) is 0.971. The second kappa shape index (κ2) is 35.5. The molecule has 21 unspecified atom stereocenters. The van der Waals surface area contributed by atoms with Crippen molar-refractivity contribution < 1.29 is 117 Å². The number of ether oxygens (including phenoxy) is 16. The van der Waals surface area contributed by atoms with E-state index in [1.54, 1.807) is 6.21 Å². The van der Waals surface area contributed by atoms with Crippen LogP contribution in [0.4, 0.5) is 0 Å². The van der Waals surface area contributed by atoms with E-state index in [2.05, 4.69) is 47.3 Å². The Morgan fingerprint density at radius 1 is 0.442 bits per heavy atom. The summed E-state index contributed by atoms with van der Waals surface area (Å²) in [5.74, 6) is 0. The summed E-state index contributed by atoms with van der Waals surface area (Å²) in [5.41, 5.74) is 0.743. The van der Waals surface area contributed by atoms with E-state index in [1.807, 2.05) is 166 Å². The average molecular weight is 1380 g/mol. The van der Waals surface area contributed by atoms with E-state index in [4.69, 9.17) is 80.8 Å². The summed E-state index contributed by atoms with van der Waals surface area (Å²) in [6.45, 7) is 61.0. The summed E-state index contributed by atoms with van der Waals surface area (Å²) >= 11 is 0. The zero-order valence-corrected chi connectivity index (χ0v) is 64.1. The number of aldehydes is 1. The first kappa shape index (κ1) is 89.5. The maximum Gasteiger partial charge on any atom is 0.214 e. The summed E-state index contributed by atoms with van der Waals surface area (Å²) in [4.78, 5) is 15.8. The molecule has 25 nitrogen and oxygen atoms in total. The predicted octanol–water partition coefficient (Wildman–Crippen LogP) is 6.14. The number of aliphatic hydroxyl groups is 5. The van der Waals surface area contributed by atoms with Crippen LogP contribution in [0.15, 0.2) is 4.99 Å². The van der Waals surface area contributed by atoms with Gasteiger partial charge in [-0.1, -0.05) is 62.3 Å². The van der Waals surface area contributed by atoms with Crippen LogP contribution in [-0.4, -0.2) is 252 Å². The standard InChI is InChI=1S/C28H53NO8.C14H29NO5.C14H26O5.C14H26O4.H2O/c1-25(2,3)23-18(32-15-17(34-23)16-33-26(4,5)6)13-29-20-21(31)22(36-27(7,8)9)19(14-30)35-24(20)37-28(10,11)12;1-13(2,3)19-11-8(7-16)18-12(9(15)10(11)17)20-14(4,5)6;1-13(2,3)10-9-11(15)19-12(18-9)8(17-10)7-16-14(4,5)6;1-13(2,3)12-11(7-15)16-8-10(18-12)9-17-14(4,5)6;/h13,17-24,30-31H,14-16H2,1-12H3;8-12,16-17H,7,15H2,1-6H3;8-12,15H,7H2,1-6H3;7,10-12H,8-9H2,1-6H3;1H2/p+2. The Bertz CT molecular complexity index is 2220. The topological polar surface area (TPSA) is 339 Å². The van der Waals surface area contributed by atoms with Crippen LogP contribution < -0.4 is 5.73 Å². The first-order chi connectivity index (χ1) is 42.4. The second-order valence-electron chi connectivity index (χ2n) is 35.8. The van der Waals surface area contributed by atoms with Crippen molar-refractivity contribution in [3.8, 4) is 0 Å². The number of nitrogens with zero attached hydrogens (tertiary/aromatic N) is 1. The molecule has 95 heavy (non-hydrogen) atoms. The molecule has 6 aliphatic heterocycles. The SMILES string of the molecule is CC(C)(C)OC1OC(CO)C(OC(C)(C)C)C(O)C1[NH3+].CC(C)(C)OCC1COC(C=NC2C(OC(C)(C)C)OC(CO)C(OC(C)(C)C)C2O)C(C(C)(C)C)O1.CC(C)(C)OCC1COC(C=O)C(C(C)(C)C)O1.CC(C)(C)OCC1OC(C(C)(C)C)C2OC1OC2O.[OH3+]. The lowest BCUT2D eigenvalue weighted by molar-refractivity contribution is -0.508. The third kappa shape index (κ3) is 31.3. The summed E-state index contributed by atoms with van der Waals surface area (Å²) in [6, 6.07) is -1.27. The molecule has 0 aromatic rings. The number of aliphatic hydroxyl groups excluding tert-OH is 5. The summed E-state index contributed by atoms with van der Waals surface area (Å²) < 4.78 is 94.5. The molecule has 564 valence electrons. The zero-order chi connectivity index (χ0) is 72.5. The highest BCUT2D eigenvalue weighted by atomic mass is 16.8. The highest BCUT2D eigenvalue weighted by Gasteiger charge is 2.55. The van der Waals surface area contributed by atoms with Crippen LogP contribution in [0.3, 0.4) is 0 Å². The molecular formula is C70H138N2O23+2. The Labute approximate surface area is 571 Å². The van der Waals surface area contributed by atoms with Crippen molar-refractivity contribution in [1.82, 2.24) is 0 Å². The van der Waals surface area contributed by atoms with E-state index in [9.17, 15) is 30.3 Å². The van der Waals surface area contributed by atoms with Gasteiger partial charge in [0.1, 0.15) is 79.3 Å². The van der Waals surface area contributed by atoms with Crippen molar-refractivity contribution in [2.24, 2.45) is 21.2 Å². The Kier molecular flexibility index (Phi) is 33.5. The van der Waals surface area contributed by atoms with E-state index in [-0.39, 0.29) is 88.4 Å². The molecule has 6 heterocycles. The van der Waals surface area contributed by atoms with Gasteiger partial charge in [-0.3, -0.25) is 4.99 Å². The van der Waals surface area contributed by atoms with Crippen molar-refractivity contribution in [2.75, 3.05) is 46.2 Å². The van der Waals surface area contributed by atoms with E-state index >= 15 is 0 Å². The number of fused-ring (bicyclic) bond motifs is 2. The molecule has 6 saturated heterocycles. The predicted molar refractivity (Wildman–Crippen MR) is 361 cm³/mol. The van der Waals surface area contributed by atoms with Gasteiger partial charge in [0, 0.05) is 6.21 Å². The smallest absolute Gasteiger partial charge is 0.214 e. The number of aliphatic imine (C=N–C) groups is 1. The molecule has 0 radical (unpaired) electrons.